The summed E-state index contributed by atoms with van der Waals surface area (Å²) in [6.45, 7) is 1.19. The molecule has 1 fully saturated rings. The maximum Gasteiger partial charge on any atom is 0.348 e. The number of hydrogen-bond donors (Lipinski definition) is 1. The molecule has 1 aliphatic rings. The SMILES string of the molecule is COC(=O)c1ccc(NC(=O)c2ccccc2OCC2CCCO2)s1. The van der Waals surface area contributed by atoms with Crippen LogP contribution < -0.4 is 10.1 Å². The lowest BCUT2D eigenvalue weighted by molar-refractivity contribution is 0.0606. The molecule has 0 bridgehead atoms. The second-order valence-electron chi connectivity index (χ2n) is 5.55. The van der Waals surface area contributed by atoms with Gasteiger partial charge in [-0.3, -0.25) is 4.79 Å². The molecule has 1 unspecified atom stereocenters. The van der Waals surface area contributed by atoms with Gasteiger partial charge in [0.15, 0.2) is 0 Å². The molecule has 2 aromatic rings. The van der Waals surface area contributed by atoms with Crippen molar-refractivity contribution in [2.24, 2.45) is 0 Å². The summed E-state index contributed by atoms with van der Waals surface area (Å²) < 4.78 is 16.0. The van der Waals surface area contributed by atoms with E-state index in [1.54, 1.807) is 30.3 Å². The van der Waals surface area contributed by atoms with Gasteiger partial charge in [-0.05, 0) is 37.1 Å². The predicted octanol–water partition coefficient (Wildman–Crippen LogP) is 3.34. The van der Waals surface area contributed by atoms with Crippen LogP contribution in [0.2, 0.25) is 0 Å². The lowest BCUT2D eigenvalue weighted by Gasteiger charge is -2.14. The molecule has 132 valence electrons. The normalized spacial score (nSPS) is 16.4. The summed E-state index contributed by atoms with van der Waals surface area (Å²) in [7, 11) is 1.32. The molecule has 25 heavy (non-hydrogen) atoms. The molecule has 7 heteroatoms. The van der Waals surface area contributed by atoms with Gasteiger partial charge in [-0.15, -0.1) is 11.3 Å². The summed E-state index contributed by atoms with van der Waals surface area (Å²) in [5, 5.41) is 3.36. The maximum absolute atomic E-state index is 12.5. The van der Waals surface area contributed by atoms with Crippen LogP contribution in [0.25, 0.3) is 0 Å². The number of ether oxygens (including phenoxy) is 3. The monoisotopic (exact) mass is 361 g/mol. The molecule has 1 N–H and O–H groups in total. The lowest BCUT2D eigenvalue weighted by Crippen LogP contribution is -2.18. The zero-order chi connectivity index (χ0) is 17.6. The van der Waals surface area contributed by atoms with Crippen LogP contribution >= 0.6 is 11.3 Å². The minimum absolute atomic E-state index is 0.0797. The number of methoxy groups -OCH3 is 1. The lowest BCUT2D eigenvalue weighted by atomic mass is 10.2. The Labute approximate surface area is 149 Å². The molecule has 1 aliphatic heterocycles. The number of para-hydroxylation sites is 1. The Morgan fingerprint density at radius 3 is 2.88 bits per heavy atom. The van der Waals surface area contributed by atoms with Crippen LogP contribution in [0.1, 0.15) is 32.9 Å². The van der Waals surface area contributed by atoms with Crippen molar-refractivity contribution in [3.63, 3.8) is 0 Å². The van der Waals surface area contributed by atoms with Crippen molar-refractivity contribution in [1.82, 2.24) is 0 Å². The summed E-state index contributed by atoms with van der Waals surface area (Å²) in [5.41, 5.74) is 0.438. The zero-order valence-electron chi connectivity index (χ0n) is 13.8. The fourth-order valence-corrected chi connectivity index (χ4v) is 3.35. The van der Waals surface area contributed by atoms with Gasteiger partial charge in [0.25, 0.3) is 5.91 Å². The van der Waals surface area contributed by atoms with Crippen LogP contribution in [0.4, 0.5) is 5.00 Å². The van der Waals surface area contributed by atoms with Crippen LogP contribution in [0.15, 0.2) is 36.4 Å². The quantitative estimate of drug-likeness (QED) is 0.799. The van der Waals surface area contributed by atoms with E-state index in [-0.39, 0.29) is 12.0 Å². The maximum atomic E-state index is 12.5. The molecule has 1 amide bonds. The third-order valence-electron chi connectivity index (χ3n) is 3.81. The first-order chi connectivity index (χ1) is 12.2. The van der Waals surface area contributed by atoms with E-state index in [0.29, 0.717) is 27.8 Å². The first-order valence-corrected chi connectivity index (χ1v) is 8.82. The molecule has 1 saturated heterocycles. The zero-order valence-corrected chi connectivity index (χ0v) is 14.6. The molecule has 1 aromatic carbocycles. The minimum atomic E-state index is -0.425. The summed E-state index contributed by atoms with van der Waals surface area (Å²) in [6.07, 6.45) is 2.09. The Morgan fingerprint density at radius 1 is 1.28 bits per heavy atom. The number of esters is 1. The molecule has 2 heterocycles. The molecule has 0 saturated carbocycles. The summed E-state index contributed by atoms with van der Waals surface area (Å²) in [4.78, 5) is 24.5. The molecule has 0 spiro atoms. The number of benzene rings is 1. The minimum Gasteiger partial charge on any atom is -0.490 e. The summed E-state index contributed by atoms with van der Waals surface area (Å²) in [6, 6.07) is 10.4. The molecule has 6 nitrogen and oxygen atoms in total. The van der Waals surface area contributed by atoms with Gasteiger partial charge < -0.3 is 19.5 Å². The van der Waals surface area contributed by atoms with E-state index in [0.717, 1.165) is 30.8 Å². The van der Waals surface area contributed by atoms with Gasteiger partial charge in [-0.25, -0.2) is 4.79 Å². The van der Waals surface area contributed by atoms with Crippen LogP contribution in [0.5, 0.6) is 5.75 Å². The fourth-order valence-electron chi connectivity index (χ4n) is 2.53. The van der Waals surface area contributed by atoms with Crippen molar-refractivity contribution in [2.45, 2.75) is 18.9 Å². The molecule has 3 rings (SSSR count). The average molecular weight is 361 g/mol. The Hall–Kier alpha value is -2.38. The standard InChI is InChI=1S/C18H19NO5S/c1-22-18(21)15-8-9-16(25-15)19-17(20)13-6-2-3-7-14(13)24-11-12-5-4-10-23-12/h2-3,6-9,12H,4-5,10-11H2,1H3,(H,19,20). The average Bonchev–Trinajstić information content (AvgIpc) is 3.31. The largest absolute Gasteiger partial charge is 0.490 e. The van der Waals surface area contributed by atoms with Crippen molar-refractivity contribution < 1.29 is 23.8 Å². The van der Waals surface area contributed by atoms with E-state index < -0.39 is 5.97 Å². The number of carbonyl (C=O) groups excluding carboxylic acids is 2. The number of hydrogen-bond acceptors (Lipinski definition) is 6. The molecular formula is C18H19NO5S. The number of rotatable bonds is 6. The van der Waals surface area contributed by atoms with Gasteiger partial charge in [0.05, 0.1) is 23.8 Å². The third kappa shape index (κ3) is 4.37. The first kappa shape index (κ1) is 17.4. The number of carbonyl (C=O) groups is 2. The van der Waals surface area contributed by atoms with E-state index in [1.807, 2.05) is 6.07 Å². The number of thiophene rings is 1. The Bertz CT molecular complexity index is 751. The Balaban J connectivity index is 1.67. The van der Waals surface area contributed by atoms with Gasteiger partial charge in [0.2, 0.25) is 0 Å². The van der Waals surface area contributed by atoms with Crippen LogP contribution in [0.3, 0.4) is 0 Å². The van der Waals surface area contributed by atoms with Crippen LogP contribution in [0, 0.1) is 0 Å². The second kappa shape index (κ2) is 8.13. The highest BCUT2D eigenvalue weighted by molar-refractivity contribution is 7.18. The van der Waals surface area contributed by atoms with Crippen molar-refractivity contribution in [3.8, 4) is 5.75 Å². The number of nitrogens with one attached hydrogen (secondary N) is 1. The van der Waals surface area contributed by atoms with E-state index in [2.05, 4.69) is 10.1 Å². The molecule has 0 aliphatic carbocycles. The van der Waals surface area contributed by atoms with Gasteiger partial charge in [0, 0.05) is 6.61 Å². The topological polar surface area (TPSA) is 73.9 Å². The fraction of sp³-hybridized carbons (Fsp3) is 0.333. The predicted molar refractivity (Wildman–Crippen MR) is 94.5 cm³/mol. The summed E-state index contributed by atoms with van der Waals surface area (Å²) >= 11 is 1.16. The number of amides is 1. The van der Waals surface area contributed by atoms with Crippen molar-refractivity contribution in [2.75, 3.05) is 25.6 Å². The van der Waals surface area contributed by atoms with Crippen molar-refractivity contribution >= 4 is 28.2 Å². The highest BCUT2D eigenvalue weighted by atomic mass is 32.1. The van der Waals surface area contributed by atoms with E-state index in [9.17, 15) is 9.59 Å². The Kier molecular flexibility index (Phi) is 5.67. The second-order valence-corrected chi connectivity index (χ2v) is 6.64. The molecule has 1 aromatic heterocycles. The Morgan fingerprint density at radius 2 is 2.12 bits per heavy atom. The van der Waals surface area contributed by atoms with Gasteiger partial charge in [0.1, 0.15) is 17.2 Å². The third-order valence-corrected chi connectivity index (χ3v) is 4.79. The first-order valence-electron chi connectivity index (χ1n) is 8.00. The van der Waals surface area contributed by atoms with Gasteiger partial charge in [-0.2, -0.15) is 0 Å². The highest BCUT2D eigenvalue weighted by Crippen LogP contribution is 2.25. The summed E-state index contributed by atoms with van der Waals surface area (Å²) in [5.74, 6) is -0.202. The molecule has 1 atom stereocenters. The van der Waals surface area contributed by atoms with E-state index >= 15 is 0 Å². The van der Waals surface area contributed by atoms with E-state index in [4.69, 9.17) is 9.47 Å². The smallest absolute Gasteiger partial charge is 0.348 e. The van der Waals surface area contributed by atoms with Crippen LogP contribution in [-0.2, 0) is 9.47 Å². The van der Waals surface area contributed by atoms with Gasteiger partial charge >= 0.3 is 5.97 Å². The highest BCUT2D eigenvalue weighted by Gasteiger charge is 2.19. The van der Waals surface area contributed by atoms with Crippen molar-refractivity contribution in [3.05, 3.63) is 46.8 Å². The van der Waals surface area contributed by atoms with Crippen LogP contribution in [-0.4, -0.2) is 38.3 Å². The molecule has 0 radical (unpaired) electrons. The van der Waals surface area contributed by atoms with Gasteiger partial charge in [-0.1, -0.05) is 12.1 Å². The van der Waals surface area contributed by atoms with Crippen molar-refractivity contribution in [1.29, 1.82) is 0 Å². The number of anilines is 1. The van der Waals surface area contributed by atoms with E-state index in [1.165, 1.54) is 7.11 Å². The molecular weight excluding hydrogens is 342 g/mol.